The summed E-state index contributed by atoms with van der Waals surface area (Å²) in [5.74, 6) is 0.444. The van der Waals surface area contributed by atoms with Crippen molar-refractivity contribution < 1.29 is 13.2 Å². The van der Waals surface area contributed by atoms with Crippen LogP contribution in [0.5, 0.6) is 0 Å². The van der Waals surface area contributed by atoms with Crippen LogP contribution in [-0.2, 0) is 14.8 Å². The van der Waals surface area contributed by atoms with Crippen molar-refractivity contribution in [2.45, 2.75) is 31.0 Å². The minimum atomic E-state index is -3.77. The van der Waals surface area contributed by atoms with Gasteiger partial charge < -0.3 is 9.72 Å². The molecule has 1 aliphatic heterocycles. The first-order valence-electron chi connectivity index (χ1n) is 13.3. The number of rotatable bonds is 6. The van der Waals surface area contributed by atoms with Gasteiger partial charge in [-0.3, -0.25) is 0 Å². The molecule has 3 aromatic carbocycles. The number of H-pyrrole nitrogens is 1. The number of morpholine rings is 1. The zero-order chi connectivity index (χ0) is 28.6. The Balaban J connectivity index is 1.46. The van der Waals surface area contributed by atoms with Crippen LogP contribution in [0, 0.1) is 11.3 Å². The van der Waals surface area contributed by atoms with Crippen LogP contribution in [0.25, 0.3) is 39.6 Å². The molecule has 0 amide bonds. The topological polar surface area (TPSA) is 117 Å². The van der Waals surface area contributed by atoms with E-state index in [-0.39, 0.29) is 30.2 Å². The number of benzene rings is 3. The molecule has 41 heavy (non-hydrogen) atoms. The molecular formula is C31H28N6O3S. The summed E-state index contributed by atoms with van der Waals surface area (Å²) in [6.45, 7) is 4.32. The Bertz CT molecular complexity index is 1860. The van der Waals surface area contributed by atoms with Crippen LogP contribution in [0.2, 0.25) is 0 Å². The summed E-state index contributed by atoms with van der Waals surface area (Å²) in [7, 11) is -3.77. The van der Waals surface area contributed by atoms with Gasteiger partial charge in [-0.05, 0) is 56.3 Å². The summed E-state index contributed by atoms with van der Waals surface area (Å²) < 4.78 is 36.2. The fourth-order valence-electron chi connectivity index (χ4n) is 5.10. The minimum Gasteiger partial charge on any atom is -0.373 e. The molecule has 0 saturated carbocycles. The fraction of sp³-hybridized carbons (Fsp3) is 0.194. The van der Waals surface area contributed by atoms with E-state index in [9.17, 15) is 13.7 Å². The lowest BCUT2D eigenvalue weighted by atomic mass is 10.1. The molecule has 0 spiro atoms. The highest BCUT2D eigenvalue weighted by atomic mass is 32.2. The average molecular weight is 565 g/mol. The van der Waals surface area contributed by atoms with E-state index in [1.54, 1.807) is 29.0 Å². The Morgan fingerprint density at radius 2 is 1.76 bits per heavy atom. The lowest BCUT2D eigenvalue weighted by Gasteiger charge is -2.34. The number of sulfonamides is 1. The van der Waals surface area contributed by atoms with Crippen molar-refractivity contribution in [2.75, 3.05) is 13.1 Å². The number of para-hydroxylation sites is 3. The van der Waals surface area contributed by atoms with E-state index in [4.69, 9.17) is 9.84 Å². The zero-order valence-corrected chi connectivity index (χ0v) is 23.4. The summed E-state index contributed by atoms with van der Waals surface area (Å²) in [4.78, 5) is 7.98. The van der Waals surface area contributed by atoms with Gasteiger partial charge in [0.1, 0.15) is 17.6 Å². The summed E-state index contributed by atoms with van der Waals surface area (Å²) >= 11 is 0. The van der Waals surface area contributed by atoms with Gasteiger partial charge in [0.2, 0.25) is 10.0 Å². The van der Waals surface area contributed by atoms with Crippen molar-refractivity contribution in [3.8, 4) is 23.0 Å². The van der Waals surface area contributed by atoms with Gasteiger partial charge >= 0.3 is 0 Å². The molecule has 1 aliphatic rings. The number of aromatic nitrogens is 4. The molecule has 3 heterocycles. The van der Waals surface area contributed by atoms with E-state index in [0.717, 1.165) is 16.7 Å². The number of nitriles is 1. The van der Waals surface area contributed by atoms with Gasteiger partial charge in [-0.15, -0.1) is 0 Å². The Labute approximate surface area is 238 Å². The second-order valence-electron chi connectivity index (χ2n) is 10.1. The van der Waals surface area contributed by atoms with Gasteiger partial charge in [-0.25, -0.2) is 18.1 Å². The van der Waals surface area contributed by atoms with Crippen LogP contribution in [0.4, 0.5) is 0 Å². The first-order valence-corrected chi connectivity index (χ1v) is 14.7. The molecule has 10 heteroatoms. The quantitative estimate of drug-likeness (QED) is 0.281. The first-order chi connectivity index (χ1) is 19.8. The number of imidazole rings is 1. The van der Waals surface area contributed by atoms with Crippen LogP contribution in [0.1, 0.15) is 25.2 Å². The number of fused-ring (bicyclic) bond motifs is 1. The third kappa shape index (κ3) is 5.30. The molecule has 206 valence electrons. The van der Waals surface area contributed by atoms with Crippen molar-refractivity contribution in [3.05, 3.63) is 96.4 Å². The number of hydrogen-bond donors (Lipinski definition) is 1. The first kappa shape index (κ1) is 26.7. The molecule has 1 saturated heterocycles. The van der Waals surface area contributed by atoms with Gasteiger partial charge in [0.15, 0.2) is 0 Å². The molecule has 0 unspecified atom stereocenters. The van der Waals surface area contributed by atoms with Crippen molar-refractivity contribution in [3.63, 3.8) is 0 Å². The maximum absolute atomic E-state index is 13.6. The fourth-order valence-corrected chi connectivity index (χ4v) is 6.74. The summed E-state index contributed by atoms with van der Waals surface area (Å²) in [6.07, 6.45) is 3.17. The van der Waals surface area contributed by atoms with Gasteiger partial charge in [0.05, 0.1) is 39.4 Å². The zero-order valence-electron chi connectivity index (χ0n) is 22.6. The molecule has 0 aliphatic carbocycles. The SMILES string of the molecule is C[C@@H]1CN(S(=O)(=O)c2cccc(-c3nn(-c4ccccc4)cc3/C=C(/C#N)c3nc4ccccc4[nH]3)c2)C[C@H](C)O1. The molecule has 9 nitrogen and oxygen atoms in total. The van der Waals surface area contributed by atoms with Crippen molar-refractivity contribution in [1.82, 2.24) is 24.1 Å². The average Bonchev–Trinajstić information content (AvgIpc) is 3.60. The second-order valence-corrected chi connectivity index (χ2v) is 12.0. The van der Waals surface area contributed by atoms with E-state index in [0.29, 0.717) is 28.2 Å². The third-order valence-electron chi connectivity index (χ3n) is 6.96. The molecule has 5 aromatic rings. The van der Waals surface area contributed by atoms with E-state index in [1.165, 1.54) is 4.31 Å². The Kier molecular flexibility index (Phi) is 7.01. The maximum Gasteiger partial charge on any atom is 0.243 e. The van der Waals surface area contributed by atoms with Gasteiger partial charge in [-0.2, -0.15) is 14.7 Å². The van der Waals surface area contributed by atoms with Crippen molar-refractivity contribution in [1.29, 1.82) is 5.26 Å². The standard InChI is InChI=1S/C31H28N6O3S/c1-21-18-36(19-22(2)40-21)41(38,39)27-12-8-9-23(16-27)30-25(20-37(35-30)26-10-4-3-5-11-26)15-24(17-32)31-33-28-13-6-7-14-29(28)34-31/h3-16,20-22H,18-19H2,1-2H3,(H,33,34)/b24-15-/t21-,22+. The molecule has 1 N–H and O–H groups in total. The summed E-state index contributed by atoms with van der Waals surface area (Å²) in [6, 6.07) is 26.2. The van der Waals surface area contributed by atoms with E-state index >= 15 is 0 Å². The summed E-state index contributed by atoms with van der Waals surface area (Å²) in [5, 5.41) is 14.9. The Morgan fingerprint density at radius 3 is 2.49 bits per heavy atom. The third-order valence-corrected chi connectivity index (χ3v) is 8.79. The molecule has 1 fully saturated rings. The number of ether oxygens (including phenoxy) is 1. The van der Waals surface area contributed by atoms with E-state index in [2.05, 4.69) is 16.0 Å². The lowest BCUT2D eigenvalue weighted by Crippen LogP contribution is -2.48. The Hall–Kier alpha value is -4.56. The molecule has 0 radical (unpaired) electrons. The number of aromatic amines is 1. The van der Waals surface area contributed by atoms with Gasteiger partial charge in [0, 0.05) is 30.4 Å². The van der Waals surface area contributed by atoms with Gasteiger partial charge in [0.25, 0.3) is 0 Å². The smallest absolute Gasteiger partial charge is 0.243 e. The molecule has 0 bridgehead atoms. The highest BCUT2D eigenvalue weighted by Crippen LogP contribution is 2.31. The van der Waals surface area contributed by atoms with E-state index in [1.807, 2.05) is 80.7 Å². The van der Waals surface area contributed by atoms with Crippen LogP contribution < -0.4 is 0 Å². The second kappa shape index (κ2) is 10.8. The molecule has 6 rings (SSSR count). The Morgan fingerprint density at radius 1 is 1.02 bits per heavy atom. The predicted octanol–water partition coefficient (Wildman–Crippen LogP) is 5.28. The van der Waals surface area contributed by atoms with Crippen LogP contribution in [-0.4, -0.2) is 57.8 Å². The van der Waals surface area contributed by atoms with Crippen LogP contribution >= 0.6 is 0 Å². The highest BCUT2D eigenvalue weighted by molar-refractivity contribution is 7.89. The van der Waals surface area contributed by atoms with Gasteiger partial charge in [-0.1, -0.05) is 42.5 Å². The number of hydrogen-bond acceptors (Lipinski definition) is 6. The van der Waals surface area contributed by atoms with Crippen LogP contribution in [0.3, 0.4) is 0 Å². The van der Waals surface area contributed by atoms with Crippen LogP contribution in [0.15, 0.2) is 90.0 Å². The molecule has 2 atom stereocenters. The molecule has 2 aromatic heterocycles. The number of allylic oxidation sites excluding steroid dienone is 1. The molecular weight excluding hydrogens is 536 g/mol. The van der Waals surface area contributed by atoms with E-state index < -0.39 is 10.0 Å². The normalized spacial score (nSPS) is 18.4. The highest BCUT2D eigenvalue weighted by Gasteiger charge is 2.32. The maximum atomic E-state index is 13.6. The number of nitrogens with zero attached hydrogens (tertiary/aromatic N) is 5. The predicted molar refractivity (Wildman–Crippen MR) is 157 cm³/mol. The largest absolute Gasteiger partial charge is 0.373 e. The van der Waals surface area contributed by atoms with Crippen molar-refractivity contribution in [2.24, 2.45) is 0 Å². The summed E-state index contributed by atoms with van der Waals surface area (Å²) in [5.41, 5.74) is 4.55. The monoisotopic (exact) mass is 564 g/mol. The van der Waals surface area contributed by atoms with Crippen molar-refractivity contribution >= 4 is 32.7 Å². The minimum absolute atomic E-state index is 0.179. The number of nitrogens with one attached hydrogen (secondary N) is 1. The lowest BCUT2D eigenvalue weighted by molar-refractivity contribution is -0.0440.